The summed E-state index contributed by atoms with van der Waals surface area (Å²) in [5.74, 6) is 0. The summed E-state index contributed by atoms with van der Waals surface area (Å²) in [5.41, 5.74) is 3.70. The van der Waals surface area contributed by atoms with E-state index in [4.69, 9.17) is 0 Å². The third-order valence-electron chi connectivity index (χ3n) is 1.50. The Morgan fingerprint density at radius 2 is 1.89 bits per heavy atom. The van der Waals surface area contributed by atoms with Gasteiger partial charge >= 0.3 is 0 Å². The highest BCUT2D eigenvalue weighted by Gasteiger charge is 1.89. The van der Waals surface area contributed by atoms with Crippen molar-refractivity contribution in [3.63, 3.8) is 0 Å². The predicted molar refractivity (Wildman–Crippen MR) is 40.4 cm³/mol. The summed E-state index contributed by atoms with van der Waals surface area (Å²) in [5, 5.41) is 0. The van der Waals surface area contributed by atoms with E-state index in [0.717, 1.165) is 5.56 Å². The average Bonchev–Trinajstić information content (AvgIpc) is 1.80. The SMILES string of the molecule is [CH2]c1ccc(C)cc1C. The molecule has 0 heteroatoms. The molecule has 0 atom stereocenters. The quantitative estimate of drug-likeness (QED) is 0.492. The van der Waals surface area contributed by atoms with Gasteiger partial charge in [0.2, 0.25) is 0 Å². The van der Waals surface area contributed by atoms with Crippen LogP contribution in [0.15, 0.2) is 18.2 Å². The highest BCUT2D eigenvalue weighted by Crippen LogP contribution is 2.07. The van der Waals surface area contributed by atoms with Gasteiger partial charge in [-0.05, 0) is 31.9 Å². The van der Waals surface area contributed by atoms with Gasteiger partial charge in [-0.3, -0.25) is 0 Å². The molecule has 0 bridgehead atoms. The van der Waals surface area contributed by atoms with Crippen molar-refractivity contribution in [2.45, 2.75) is 13.8 Å². The van der Waals surface area contributed by atoms with Gasteiger partial charge in [0, 0.05) is 0 Å². The first-order valence-electron chi connectivity index (χ1n) is 3.09. The van der Waals surface area contributed by atoms with Gasteiger partial charge in [0.15, 0.2) is 0 Å². The molecule has 0 nitrogen and oxygen atoms in total. The second-order valence-corrected chi connectivity index (χ2v) is 2.43. The average molecular weight is 119 g/mol. The second-order valence-electron chi connectivity index (χ2n) is 2.43. The summed E-state index contributed by atoms with van der Waals surface area (Å²) >= 11 is 0. The van der Waals surface area contributed by atoms with Gasteiger partial charge in [-0.15, -0.1) is 0 Å². The first kappa shape index (κ1) is 6.34. The van der Waals surface area contributed by atoms with Crippen LogP contribution in [0.4, 0.5) is 0 Å². The van der Waals surface area contributed by atoms with Gasteiger partial charge in [0.1, 0.15) is 0 Å². The first-order chi connectivity index (χ1) is 4.20. The van der Waals surface area contributed by atoms with E-state index in [0.29, 0.717) is 0 Å². The van der Waals surface area contributed by atoms with Gasteiger partial charge in [-0.1, -0.05) is 23.8 Å². The lowest BCUT2D eigenvalue weighted by atomic mass is 10.1. The Bertz CT molecular complexity index is 211. The summed E-state index contributed by atoms with van der Waals surface area (Å²) < 4.78 is 0. The van der Waals surface area contributed by atoms with Gasteiger partial charge in [-0.25, -0.2) is 0 Å². The second kappa shape index (κ2) is 2.22. The third kappa shape index (κ3) is 1.32. The van der Waals surface area contributed by atoms with Crippen molar-refractivity contribution < 1.29 is 0 Å². The zero-order chi connectivity index (χ0) is 6.85. The molecular weight excluding hydrogens is 108 g/mol. The Morgan fingerprint density at radius 3 is 2.33 bits per heavy atom. The number of aryl methyl sites for hydroxylation is 2. The molecule has 9 heavy (non-hydrogen) atoms. The molecule has 0 aliphatic carbocycles. The zero-order valence-corrected chi connectivity index (χ0v) is 5.94. The van der Waals surface area contributed by atoms with Crippen LogP contribution in [-0.4, -0.2) is 0 Å². The van der Waals surface area contributed by atoms with E-state index >= 15 is 0 Å². The lowest BCUT2D eigenvalue weighted by molar-refractivity contribution is 1.35. The van der Waals surface area contributed by atoms with Crippen LogP contribution in [0.3, 0.4) is 0 Å². The van der Waals surface area contributed by atoms with Crippen molar-refractivity contribution in [3.8, 4) is 0 Å². The fourth-order valence-corrected chi connectivity index (χ4v) is 0.846. The smallest absolute Gasteiger partial charge is 0.0236 e. The molecule has 0 amide bonds. The van der Waals surface area contributed by atoms with E-state index in [1.165, 1.54) is 11.1 Å². The van der Waals surface area contributed by atoms with Crippen LogP contribution in [0.1, 0.15) is 16.7 Å². The highest BCUT2D eigenvalue weighted by molar-refractivity contribution is 5.31. The van der Waals surface area contributed by atoms with Crippen LogP contribution in [0.2, 0.25) is 0 Å². The number of benzene rings is 1. The molecule has 0 unspecified atom stereocenters. The van der Waals surface area contributed by atoms with E-state index in [-0.39, 0.29) is 0 Å². The summed E-state index contributed by atoms with van der Waals surface area (Å²) in [4.78, 5) is 0. The van der Waals surface area contributed by atoms with Crippen LogP contribution in [0.25, 0.3) is 0 Å². The van der Waals surface area contributed by atoms with Crippen molar-refractivity contribution in [2.75, 3.05) is 0 Å². The Labute approximate surface area is 56.5 Å². The minimum absolute atomic E-state index is 1.13. The maximum atomic E-state index is 3.86. The van der Waals surface area contributed by atoms with Crippen LogP contribution in [0.5, 0.6) is 0 Å². The number of hydrogen-bond donors (Lipinski definition) is 0. The first-order valence-corrected chi connectivity index (χ1v) is 3.09. The van der Waals surface area contributed by atoms with Gasteiger partial charge < -0.3 is 0 Å². The number of rotatable bonds is 0. The summed E-state index contributed by atoms with van der Waals surface area (Å²) in [6.07, 6.45) is 0. The van der Waals surface area contributed by atoms with Crippen LogP contribution in [0, 0.1) is 20.8 Å². The van der Waals surface area contributed by atoms with E-state index < -0.39 is 0 Å². The largest absolute Gasteiger partial charge is 0.0590 e. The molecule has 1 aromatic rings. The van der Waals surface area contributed by atoms with Crippen LogP contribution < -0.4 is 0 Å². The molecule has 0 fully saturated rings. The molecule has 0 N–H and O–H groups in total. The summed E-state index contributed by atoms with van der Waals surface area (Å²) in [6.45, 7) is 8.03. The van der Waals surface area contributed by atoms with E-state index in [2.05, 4.69) is 32.9 Å². The van der Waals surface area contributed by atoms with Gasteiger partial charge in [0.05, 0.1) is 0 Å². The fourth-order valence-electron chi connectivity index (χ4n) is 0.846. The predicted octanol–water partition coefficient (Wildman–Crippen LogP) is 2.49. The topological polar surface area (TPSA) is 0 Å². The standard InChI is InChI=1S/C9H11/c1-7-4-5-8(2)9(3)6-7/h4-6H,2H2,1,3H3. The molecule has 0 saturated carbocycles. The Morgan fingerprint density at radius 1 is 1.22 bits per heavy atom. The summed E-state index contributed by atoms with van der Waals surface area (Å²) in [7, 11) is 0. The van der Waals surface area contributed by atoms with Crippen LogP contribution >= 0.6 is 0 Å². The molecule has 0 saturated heterocycles. The molecule has 0 spiro atoms. The Kier molecular flexibility index (Phi) is 1.56. The molecule has 47 valence electrons. The van der Waals surface area contributed by atoms with Crippen molar-refractivity contribution in [1.82, 2.24) is 0 Å². The van der Waals surface area contributed by atoms with Crippen molar-refractivity contribution in [1.29, 1.82) is 0 Å². The van der Waals surface area contributed by atoms with E-state index in [9.17, 15) is 0 Å². The fraction of sp³-hybridized carbons (Fsp3) is 0.222. The van der Waals surface area contributed by atoms with Crippen molar-refractivity contribution in [2.24, 2.45) is 0 Å². The lowest BCUT2D eigenvalue weighted by Crippen LogP contribution is -1.79. The maximum absolute atomic E-state index is 3.86. The maximum Gasteiger partial charge on any atom is -0.0236 e. The highest BCUT2D eigenvalue weighted by atomic mass is 13.9. The molecule has 1 aromatic carbocycles. The van der Waals surface area contributed by atoms with Gasteiger partial charge in [-0.2, -0.15) is 0 Å². The normalized spacial score (nSPS) is 9.67. The van der Waals surface area contributed by atoms with E-state index in [1.807, 2.05) is 6.07 Å². The minimum Gasteiger partial charge on any atom is -0.0590 e. The minimum atomic E-state index is 1.13. The zero-order valence-electron chi connectivity index (χ0n) is 5.94. The molecule has 0 aliphatic rings. The molecule has 0 aliphatic heterocycles. The van der Waals surface area contributed by atoms with Gasteiger partial charge in [0.25, 0.3) is 0 Å². The van der Waals surface area contributed by atoms with Crippen molar-refractivity contribution >= 4 is 0 Å². The van der Waals surface area contributed by atoms with Crippen LogP contribution in [-0.2, 0) is 0 Å². The number of hydrogen-bond acceptors (Lipinski definition) is 0. The Hall–Kier alpha value is -0.780. The molecule has 0 aromatic heterocycles. The molecule has 1 radical (unpaired) electrons. The van der Waals surface area contributed by atoms with E-state index in [1.54, 1.807) is 0 Å². The summed E-state index contributed by atoms with van der Waals surface area (Å²) in [6, 6.07) is 6.27. The molecule has 0 heterocycles. The Balaban J connectivity index is 3.17. The molecule has 1 rings (SSSR count). The molecular formula is C9H11. The third-order valence-corrected chi connectivity index (χ3v) is 1.50. The lowest BCUT2D eigenvalue weighted by Gasteiger charge is -1.98. The monoisotopic (exact) mass is 119 g/mol. The van der Waals surface area contributed by atoms with Crippen molar-refractivity contribution in [3.05, 3.63) is 41.8 Å².